The highest BCUT2D eigenvalue weighted by Gasteiger charge is 2.12. The largest absolute Gasteiger partial charge is 0.497 e. The highest BCUT2D eigenvalue weighted by Crippen LogP contribution is 2.28. The Balaban J connectivity index is 1.85. The Morgan fingerprint density at radius 3 is 2.60 bits per heavy atom. The zero-order chi connectivity index (χ0) is 21.3. The maximum atomic E-state index is 12.5. The van der Waals surface area contributed by atoms with Gasteiger partial charge in [0.2, 0.25) is 0 Å². The predicted molar refractivity (Wildman–Crippen MR) is 117 cm³/mol. The van der Waals surface area contributed by atoms with E-state index in [1.54, 1.807) is 55.6 Å². The number of halogens is 1. The van der Waals surface area contributed by atoms with E-state index in [1.165, 1.54) is 6.08 Å². The lowest BCUT2D eigenvalue weighted by molar-refractivity contribution is -0.112. The van der Waals surface area contributed by atoms with Crippen LogP contribution in [-0.4, -0.2) is 13.0 Å². The molecule has 1 N–H and O–H groups in total. The van der Waals surface area contributed by atoms with Gasteiger partial charge in [-0.15, -0.1) is 0 Å². The minimum atomic E-state index is -0.500. The highest BCUT2D eigenvalue weighted by atomic mass is 35.5. The molecule has 0 atom stereocenters. The van der Waals surface area contributed by atoms with Crippen molar-refractivity contribution in [2.24, 2.45) is 0 Å². The predicted octanol–water partition coefficient (Wildman–Crippen LogP) is 5.47. The first kappa shape index (κ1) is 21.0. The van der Waals surface area contributed by atoms with Crippen molar-refractivity contribution in [1.29, 1.82) is 5.26 Å². The molecule has 0 spiro atoms. The van der Waals surface area contributed by atoms with Crippen molar-refractivity contribution in [1.82, 2.24) is 0 Å². The van der Waals surface area contributed by atoms with Crippen molar-refractivity contribution in [2.75, 3.05) is 12.4 Å². The normalized spacial score (nSPS) is 10.8. The molecule has 6 heteroatoms. The standard InChI is InChI=1S/C24H19ClN2O3/c1-29-22-11-10-18(23(14-22)30-16-17-6-5-7-20(25)12-17)13-19(15-26)24(28)27-21-8-3-2-4-9-21/h2-14H,16H2,1H3,(H,27,28)/b19-13+. The summed E-state index contributed by atoms with van der Waals surface area (Å²) in [6.45, 7) is 0.271. The van der Waals surface area contributed by atoms with Gasteiger partial charge in [-0.2, -0.15) is 5.26 Å². The molecule has 0 fully saturated rings. The number of benzene rings is 3. The minimum Gasteiger partial charge on any atom is -0.497 e. The van der Waals surface area contributed by atoms with Gasteiger partial charge < -0.3 is 14.8 Å². The number of hydrogen-bond acceptors (Lipinski definition) is 4. The van der Waals surface area contributed by atoms with Crippen LogP contribution in [0.2, 0.25) is 5.02 Å². The van der Waals surface area contributed by atoms with Crippen LogP contribution in [0.5, 0.6) is 11.5 Å². The molecular formula is C24H19ClN2O3. The number of nitrogens with one attached hydrogen (secondary N) is 1. The Hall–Kier alpha value is -3.75. The summed E-state index contributed by atoms with van der Waals surface area (Å²) in [5, 5.41) is 12.8. The molecule has 3 rings (SSSR count). The Morgan fingerprint density at radius 1 is 1.10 bits per heavy atom. The molecule has 5 nitrogen and oxygen atoms in total. The van der Waals surface area contributed by atoms with Gasteiger partial charge in [0.1, 0.15) is 29.7 Å². The summed E-state index contributed by atoms with van der Waals surface area (Å²) in [7, 11) is 1.56. The lowest BCUT2D eigenvalue weighted by Crippen LogP contribution is -2.13. The second kappa shape index (κ2) is 10.1. The van der Waals surface area contributed by atoms with Gasteiger partial charge in [-0.1, -0.05) is 41.9 Å². The Bertz CT molecular complexity index is 1100. The van der Waals surface area contributed by atoms with Crippen molar-refractivity contribution >= 4 is 29.3 Å². The van der Waals surface area contributed by atoms with Crippen molar-refractivity contribution in [3.8, 4) is 17.6 Å². The zero-order valence-electron chi connectivity index (χ0n) is 16.3. The van der Waals surface area contributed by atoms with Crippen LogP contribution in [0.15, 0.2) is 78.4 Å². The summed E-state index contributed by atoms with van der Waals surface area (Å²) in [4.78, 5) is 12.5. The molecule has 1 amide bonds. The summed E-state index contributed by atoms with van der Waals surface area (Å²) in [6, 6.07) is 23.4. The Labute approximate surface area is 180 Å². The van der Waals surface area contributed by atoms with Gasteiger partial charge in [-0.05, 0) is 48.0 Å². The quantitative estimate of drug-likeness (QED) is 0.407. The van der Waals surface area contributed by atoms with E-state index < -0.39 is 5.91 Å². The number of methoxy groups -OCH3 is 1. The van der Waals surface area contributed by atoms with E-state index in [9.17, 15) is 10.1 Å². The summed E-state index contributed by atoms with van der Waals surface area (Å²) < 4.78 is 11.2. The third-order valence-electron chi connectivity index (χ3n) is 4.20. The smallest absolute Gasteiger partial charge is 0.266 e. The molecular weight excluding hydrogens is 400 g/mol. The van der Waals surface area contributed by atoms with Crippen LogP contribution in [0.1, 0.15) is 11.1 Å². The number of hydrogen-bond donors (Lipinski definition) is 1. The molecule has 0 saturated carbocycles. The fourth-order valence-corrected chi connectivity index (χ4v) is 2.91. The van der Waals surface area contributed by atoms with Crippen molar-refractivity contribution < 1.29 is 14.3 Å². The van der Waals surface area contributed by atoms with Crippen LogP contribution < -0.4 is 14.8 Å². The molecule has 3 aromatic carbocycles. The van der Waals surface area contributed by atoms with Gasteiger partial charge in [0, 0.05) is 22.3 Å². The average Bonchev–Trinajstić information content (AvgIpc) is 2.77. The summed E-state index contributed by atoms with van der Waals surface area (Å²) >= 11 is 6.03. The first-order valence-electron chi connectivity index (χ1n) is 9.12. The average molecular weight is 419 g/mol. The second-order valence-corrected chi connectivity index (χ2v) is 6.75. The van der Waals surface area contributed by atoms with E-state index in [0.717, 1.165) is 5.56 Å². The fraction of sp³-hybridized carbons (Fsp3) is 0.0833. The first-order chi connectivity index (χ1) is 14.6. The van der Waals surface area contributed by atoms with E-state index in [1.807, 2.05) is 30.3 Å². The SMILES string of the molecule is COc1ccc(/C=C(\C#N)C(=O)Nc2ccccc2)c(OCc2cccc(Cl)c2)c1. The number of nitrogens with zero attached hydrogens (tertiary/aromatic N) is 1. The molecule has 0 aliphatic heterocycles. The number of amides is 1. The Morgan fingerprint density at radius 2 is 1.90 bits per heavy atom. The molecule has 0 aromatic heterocycles. The second-order valence-electron chi connectivity index (χ2n) is 6.31. The van der Waals surface area contributed by atoms with Crippen LogP contribution >= 0.6 is 11.6 Å². The van der Waals surface area contributed by atoms with Gasteiger partial charge in [-0.3, -0.25) is 4.79 Å². The van der Waals surface area contributed by atoms with Crippen molar-refractivity contribution in [3.63, 3.8) is 0 Å². The maximum Gasteiger partial charge on any atom is 0.266 e. The molecule has 0 aliphatic carbocycles. The van der Waals surface area contributed by atoms with E-state index in [4.69, 9.17) is 21.1 Å². The number of carbonyl (C=O) groups is 1. The number of para-hydroxylation sites is 1. The van der Waals surface area contributed by atoms with E-state index in [-0.39, 0.29) is 12.2 Å². The van der Waals surface area contributed by atoms with Crippen LogP contribution in [-0.2, 0) is 11.4 Å². The lowest BCUT2D eigenvalue weighted by atomic mass is 10.1. The summed E-state index contributed by atoms with van der Waals surface area (Å²) in [6.07, 6.45) is 1.49. The van der Waals surface area contributed by atoms with Gasteiger partial charge in [-0.25, -0.2) is 0 Å². The third-order valence-corrected chi connectivity index (χ3v) is 4.44. The monoisotopic (exact) mass is 418 g/mol. The number of carbonyl (C=O) groups excluding carboxylic acids is 1. The minimum absolute atomic E-state index is 0.0448. The van der Waals surface area contributed by atoms with E-state index in [2.05, 4.69) is 5.32 Å². The molecule has 150 valence electrons. The van der Waals surface area contributed by atoms with E-state index >= 15 is 0 Å². The summed E-state index contributed by atoms with van der Waals surface area (Å²) in [5.74, 6) is 0.579. The third kappa shape index (κ3) is 5.63. The highest BCUT2D eigenvalue weighted by molar-refractivity contribution is 6.30. The number of anilines is 1. The maximum absolute atomic E-state index is 12.5. The number of ether oxygens (including phenoxy) is 2. The number of rotatable bonds is 7. The fourth-order valence-electron chi connectivity index (χ4n) is 2.70. The van der Waals surface area contributed by atoms with Crippen molar-refractivity contribution in [3.05, 3.63) is 94.5 Å². The summed E-state index contributed by atoms with van der Waals surface area (Å²) in [5.41, 5.74) is 2.03. The number of nitriles is 1. The van der Waals surface area contributed by atoms with Crippen LogP contribution in [0, 0.1) is 11.3 Å². The van der Waals surface area contributed by atoms with E-state index in [0.29, 0.717) is 27.8 Å². The van der Waals surface area contributed by atoms with Gasteiger partial charge in [0.25, 0.3) is 5.91 Å². The molecule has 0 bridgehead atoms. The first-order valence-corrected chi connectivity index (χ1v) is 9.50. The van der Waals surface area contributed by atoms with Gasteiger partial charge >= 0.3 is 0 Å². The van der Waals surface area contributed by atoms with Crippen LogP contribution in [0.3, 0.4) is 0 Å². The zero-order valence-corrected chi connectivity index (χ0v) is 17.0. The molecule has 0 unspecified atom stereocenters. The van der Waals surface area contributed by atoms with Crippen LogP contribution in [0.25, 0.3) is 6.08 Å². The molecule has 30 heavy (non-hydrogen) atoms. The molecule has 0 saturated heterocycles. The Kier molecular flexibility index (Phi) is 7.09. The van der Waals surface area contributed by atoms with Gasteiger partial charge in [0.05, 0.1) is 7.11 Å². The topological polar surface area (TPSA) is 71.3 Å². The van der Waals surface area contributed by atoms with Crippen molar-refractivity contribution in [2.45, 2.75) is 6.61 Å². The molecule has 0 radical (unpaired) electrons. The molecule has 0 aliphatic rings. The molecule has 3 aromatic rings. The lowest BCUT2D eigenvalue weighted by Gasteiger charge is -2.12. The van der Waals surface area contributed by atoms with Gasteiger partial charge in [0.15, 0.2) is 0 Å². The van der Waals surface area contributed by atoms with Crippen LogP contribution in [0.4, 0.5) is 5.69 Å². The molecule has 0 heterocycles.